The van der Waals surface area contributed by atoms with Crippen LogP contribution >= 0.6 is 0 Å². The number of aromatic nitrogens is 1. The molecule has 1 heterocycles. The van der Waals surface area contributed by atoms with Crippen LogP contribution < -0.4 is 19.7 Å². The van der Waals surface area contributed by atoms with Gasteiger partial charge in [0.2, 0.25) is 11.8 Å². The van der Waals surface area contributed by atoms with E-state index < -0.39 is 5.91 Å². The van der Waals surface area contributed by atoms with Crippen LogP contribution in [0.5, 0.6) is 11.5 Å². The molecule has 0 aliphatic carbocycles. The molecule has 0 radical (unpaired) electrons. The number of ether oxygens (including phenoxy) is 2. The molecule has 0 spiro atoms. The molecule has 0 unspecified atom stereocenters. The van der Waals surface area contributed by atoms with Crippen LogP contribution in [0.25, 0.3) is 0 Å². The molecule has 1 N–H and O–H groups in total. The summed E-state index contributed by atoms with van der Waals surface area (Å²) in [6.07, 6.45) is 0. The van der Waals surface area contributed by atoms with Gasteiger partial charge in [0.1, 0.15) is 23.8 Å². The minimum Gasteiger partial charge on any atom is -0.497 e. The number of carbonyl (C=O) groups is 2. The van der Waals surface area contributed by atoms with Crippen molar-refractivity contribution in [2.75, 3.05) is 31.0 Å². The third kappa shape index (κ3) is 4.03. The van der Waals surface area contributed by atoms with Gasteiger partial charge in [-0.05, 0) is 19.1 Å². The maximum absolute atomic E-state index is 12.3. The monoisotopic (exact) mass is 333 g/mol. The summed E-state index contributed by atoms with van der Waals surface area (Å²) in [5.74, 6) is 1.16. The summed E-state index contributed by atoms with van der Waals surface area (Å²) < 4.78 is 15.3. The number of amides is 2. The molecule has 0 bridgehead atoms. The summed E-state index contributed by atoms with van der Waals surface area (Å²) in [4.78, 5) is 25.3. The van der Waals surface area contributed by atoms with Crippen molar-refractivity contribution >= 4 is 23.3 Å². The van der Waals surface area contributed by atoms with E-state index >= 15 is 0 Å². The molecule has 0 saturated carbocycles. The maximum Gasteiger partial charge on any atom is 0.244 e. The van der Waals surface area contributed by atoms with Crippen molar-refractivity contribution < 1.29 is 23.6 Å². The summed E-state index contributed by atoms with van der Waals surface area (Å²) in [6.45, 7) is 2.85. The zero-order chi connectivity index (χ0) is 17.7. The molecule has 0 fully saturated rings. The van der Waals surface area contributed by atoms with Crippen molar-refractivity contribution in [3.63, 3.8) is 0 Å². The van der Waals surface area contributed by atoms with E-state index in [9.17, 15) is 9.59 Å². The molecule has 0 aliphatic rings. The minimum absolute atomic E-state index is 0.207. The molecule has 1 aromatic heterocycles. The van der Waals surface area contributed by atoms with E-state index in [0.29, 0.717) is 22.9 Å². The first-order valence-corrected chi connectivity index (χ1v) is 7.18. The third-order valence-corrected chi connectivity index (χ3v) is 3.25. The lowest BCUT2D eigenvalue weighted by atomic mass is 10.2. The van der Waals surface area contributed by atoms with Crippen LogP contribution in [0.1, 0.15) is 12.7 Å². The van der Waals surface area contributed by atoms with Crippen LogP contribution in [0, 0.1) is 6.92 Å². The maximum atomic E-state index is 12.3. The SMILES string of the molecule is COc1ccc(OC)c(NC(=O)CN(C(C)=O)c2cc(C)on2)c1. The highest BCUT2D eigenvalue weighted by Gasteiger charge is 2.20. The van der Waals surface area contributed by atoms with Crippen molar-refractivity contribution in [3.05, 3.63) is 30.0 Å². The van der Waals surface area contributed by atoms with Gasteiger partial charge < -0.3 is 19.3 Å². The summed E-state index contributed by atoms with van der Waals surface area (Å²) in [6, 6.07) is 6.61. The molecule has 2 aromatic rings. The Hall–Kier alpha value is -3.03. The number of carbonyl (C=O) groups excluding carboxylic acids is 2. The molecular formula is C16H19N3O5. The normalized spacial score (nSPS) is 10.2. The van der Waals surface area contributed by atoms with Gasteiger partial charge in [0.15, 0.2) is 5.82 Å². The van der Waals surface area contributed by atoms with Crippen LogP contribution in [0.2, 0.25) is 0 Å². The van der Waals surface area contributed by atoms with Gasteiger partial charge in [0.25, 0.3) is 0 Å². The second-order valence-corrected chi connectivity index (χ2v) is 5.02. The Kier molecular flexibility index (Phi) is 5.41. The number of aryl methyl sites for hydroxylation is 1. The first-order chi connectivity index (χ1) is 11.4. The molecule has 0 aliphatic heterocycles. The van der Waals surface area contributed by atoms with Gasteiger partial charge in [-0.1, -0.05) is 5.16 Å². The van der Waals surface area contributed by atoms with E-state index in [-0.39, 0.29) is 18.3 Å². The van der Waals surface area contributed by atoms with E-state index in [2.05, 4.69) is 10.5 Å². The van der Waals surface area contributed by atoms with Crippen LogP contribution in [-0.4, -0.2) is 37.7 Å². The van der Waals surface area contributed by atoms with E-state index in [1.54, 1.807) is 31.2 Å². The molecule has 128 valence electrons. The number of anilines is 2. The molecule has 8 heteroatoms. The van der Waals surface area contributed by atoms with E-state index in [1.807, 2.05) is 0 Å². The van der Waals surface area contributed by atoms with Gasteiger partial charge in [-0.25, -0.2) is 0 Å². The average molecular weight is 333 g/mol. The van der Waals surface area contributed by atoms with Crippen molar-refractivity contribution in [1.82, 2.24) is 5.16 Å². The van der Waals surface area contributed by atoms with Gasteiger partial charge in [-0.2, -0.15) is 0 Å². The number of benzene rings is 1. The van der Waals surface area contributed by atoms with Crippen LogP contribution in [0.15, 0.2) is 28.8 Å². The lowest BCUT2D eigenvalue weighted by molar-refractivity contribution is -0.120. The molecule has 2 rings (SSSR count). The van der Waals surface area contributed by atoms with Gasteiger partial charge in [-0.3, -0.25) is 14.5 Å². The molecule has 8 nitrogen and oxygen atoms in total. The summed E-state index contributed by atoms with van der Waals surface area (Å²) in [7, 11) is 3.02. The second-order valence-electron chi connectivity index (χ2n) is 5.02. The minimum atomic E-state index is -0.405. The highest BCUT2D eigenvalue weighted by molar-refractivity contribution is 6.01. The van der Waals surface area contributed by atoms with Crippen LogP contribution in [0.3, 0.4) is 0 Å². The molecule has 0 saturated heterocycles. The Morgan fingerprint density at radius 3 is 2.54 bits per heavy atom. The number of hydrogen-bond donors (Lipinski definition) is 1. The standard InChI is InChI=1S/C16H19N3O5/c1-10-7-15(18-24-10)19(11(2)20)9-16(21)17-13-8-12(22-3)5-6-14(13)23-4/h5-8H,9H2,1-4H3,(H,17,21). The first-order valence-electron chi connectivity index (χ1n) is 7.18. The zero-order valence-electron chi connectivity index (χ0n) is 14.0. The Balaban J connectivity index is 2.15. The van der Waals surface area contributed by atoms with Crippen LogP contribution in [-0.2, 0) is 9.59 Å². The summed E-state index contributed by atoms with van der Waals surface area (Å²) in [5.41, 5.74) is 0.446. The van der Waals surface area contributed by atoms with Gasteiger partial charge in [-0.15, -0.1) is 0 Å². The lowest BCUT2D eigenvalue weighted by Gasteiger charge is -2.18. The van der Waals surface area contributed by atoms with E-state index in [1.165, 1.54) is 26.0 Å². The van der Waals surface area contributed by atoms with Crippen molar-refractivity contribution in [3.8, 4) is 11.5 Å². The van der Waals surface area contributed by atoms with Crippen molar-refractivity contribution in [2.24, 2.45) is 0 Å². The first kappa shape index (κ1) is 17.3. The fraction of sp³-hybridized carbons (Fsp3) is 0.312. The zero-order valence-corrected chi connectivity index (χ0v) is 14.0. The van der Waals surface area contributed by atoms with Gasteiger partial charge in [0, 0.05) is 19.1 Å². The molecule has 24 heavy (non-hydrogen) atoms. The van der Waals surface area contributed by atoms with Crippen molar-refractivity contribution in [1.29, 1.82) is 0 Å². The third-order valence-electron chi connectivity index (χ3n) is 3.25. The average Bonchev–Trinajstić information content (AvgIpc) is 2.98. The highest BCUT2D eigenvalue weighted by Crippen LogP contribution is 2.28. The Bertz CT molecular complexity index is 741. The highest BCUT2D eigenvalue weighted by atomic mass is 16.5. The fourth-order valence-corrected chi connectivity index (χ4v) is 2.08. The smallest absolute Gasteiger partial charge is 0.244 e. The fourth-order valence-electron chi connectivity index (χ4n) is 2.08. The largest absolute Gasteiger partial charge is 0.497 e. The second kappa shape index (κ2) is 7.49. The van der Waals surface area contributed by atoms with Crippen LogP contribution in [0.4, 0.5) is 11.5 Å². The summed E-state index contributed by atoms with van der Waals surface area (Å²) in [5, 5.41) is 6.47. The predicted molar refractivity (Wildman–Crippen MR) is 87.4 cm³/mol. The Labute approximate surface area is 139 Å². The quantitative estimate of drug-likeness (QED) is 0.869. The number of methoxy groups -OCH3 is 2. The Morgan fingerprint density at radius 2 is 2.00 bits per heavy atom. The number of rotatable bonds is 6. The Morgan fingerprint density at radius 1 is 1.25 bits per heavy atom. The van der Waals surface area contributed by atoms with Gasteiger partial charge >= 0.3 is 0 Å². The number of nitrogens with zero attached hydrogens (tertiary/aromatic N) is 2. The lowest BCUT2D eigenvalue weighted by Crippen LogP contribution is -2.37. The van der Waals surface area contributed by atoms with E-state index in [0.717, 1.165) is 0 Å². The number of hydrogen-bond acceptors (Lipinski definition) is 6. The predicted octanol–water partition coefficient (Wildman–Crippen LogP) is 1.99. The topological polar surface area (TPSA) is 93.9 Å². The van der Waals surface area contributed by atoms with E-state index in [4.69, 9.17) is 14.0 Å². The molecule has 0 atom stereocenters. The van der Waals surface area contributed by atoms with Crippen molar-refractivity contribution in [2.45, 2.75) is 13.8 Å². The molecule has 2 amide bonds. The summed E-state index contributed by atoms with van der Waals surface area (Å²) >= 11 is 0. The molecular weight excluding hydrogens is 314 g/mol. The number of nitrogens with one attached hydrogen (secondary N) is 1. The molecule has 1 aromatic carbocycles. The van der Waals surface area contributed by atoms with Gasteiger partial charge in [0.05, 0.1) is 19.9 Å².